The van der Waals surface area contributed by atoms with Gasteiger partial charge in [-0.15, -0.1) is 0 Å². The molecule has 0 aliphatic heterocycles. The fourth-order valence-corrected chi connectivity index (χ4v) is 3.04. The van der Waals surface area contributed by atoms with Crippen LogP contribution in [0.25, 0.3) is 0 Å². The van der Waals surface area contributed by atoms with Crippen molar-refractivity contribution >= 4 is 22.6 Å². The van der Waals surface area contributed by atoms with Crippen LogP contribution in [0.3, 0.4) is 0 Å². The van der Waals surface area contributed by atoms with Gasteiger partial charge in [0.15, 0.2) is 0 Å². The number of fused-ring (bicyclic) bond motifs is 1. The summed E-state index contributed by atoms with van der Waals surface area (Å²) in [7, 11) is 0. The Kier molecular flexibility index (Phi) is 2.75. The summed E-state index contributed by atoms with van der Waals surface area (Å²) in [6.07, 6.45) is 3.30. The molecule has 3 heteroatoms. The fourth-order valence-electron chi connectivity index (χ4n) is 1.99. The summed E-state index contributed by atoms with van der Waals surface area (Å²) in [6, 6.07) is 6.28. The van der Waals surface area contributed by atoms with Crippen molar-refractivity contribution in [2.75, 3.05) is 0 Å². The predicted octanol–water partition coefficient (Wildman–Crippen LogP) is 2.50. The number of nitrogens with two attached hydrogens (primary N) is 1. The number of hydrogen-bond donors (Lipinski definition) is 1. The van der Waals surface area contributed by atoms with Gasteiger partial charge in [0.25, 0.3) is 0 Å². The molecule has 2 nitrogen and oxygen atoms in total. The molecular weight excluding hydrogens is 287 g/mol. The Morgan fingerprint density at radius 3 is 3.00 bits per heavy atom. The number of halogens is 1. The maximum atomic E-state index is 8.91. The van der Waals surface area contributed by atoms with Crippen LogP contribution in [0.5, 0.6) is 0 Å². The van der Waals surface area contributed by atoms with Crippen LogP contribution >= 0.6 is 22.6 Å². The zero-order valence-corrected chi connectivity index (χ0v) is 9.91. The zero-order valence-electron chi connectivity index (χ0n) is 7.76. The topological polar surface area (TPSA) is 49.8 Å². The van der Waals surface area contributed by atoms with E-state index in [1.807, 2.05) is 6.07 Å². The first-order chi connectivity index (χ1) is 6.74. The number of rotatable bonds is 0. The smallest absolute Gasteiger partial charge is 0.100 e. The van der Waals surface area contributed by atoms with Gasteiger partial charge in [-0.05, 0) is 59.0 Å². The molecule has 0 fully saturated rings. The highest BCUT2D eigenvalue weighted by atomic mass is 127. The van der Waals surface area contributed by atoms with Crippen molar-refractivity contribution in [3.63, 3.8) is 0 Å². The molecule has 1 atom stereocenters. The van der Waals surface area contributed by atoms with Crippen LogP contribution in [0.15, 0.2) is 12.1 Å². The Bertz CT molecular complexity index is 406. The first-order valence-electron chi connectivity index (χ1n) is 4.71. The van der Waals surface area contributed by atoms with E-state index in [0.717, 1.165) is 28.4 Å². The summed E-state index contributed by atoms with van der Waals surface area (Å²) in [6.45, 7) is 0. The van der Waals surface area contributed by atoms with Gasteiger partial charge < -0.3 is 5.73 Å². The minimum absolute atomic E-state index is 0.124. The van der Waals surface area contributed by atoms with E-state index in [-0.39, 0.29) is 6.04 Å². The van der Waals surface area contributed by atoms with E-state index >= 15 is 0 Å². The summed E-state index contributed by atoms with van der Waals surface area (Å²) >= 11 is 2.24. The van der Waals surface area contributed by atoms with E-state index in [4.69, 9.17) is 11.0 Å². The SMILES string of the molecule is N#Cc1ccc2c(c1I)C(N)CCC2. The molecule has 0 saturated heterocycles. The lowest BCUT2D eigenvalue weighted by atomic mass is 9.87. The summed E-state index contributed by atoms with van der Waals surface area (Å²) in [5.74, 6) is 0. The molecule has 1 aromatic carbocycles. The maximum absolute atomic E-state index is 8.91. The van der Waals surface area contributed by atoms with Gasteiger partial charge in [-0.3, -0.25) is 0 Å². The Morgan fingerprint density at radius 1 is 1.50 bits per heavy atom. The Labute approximate surface area is 97.2 Å². The first kappa shape index (κ1) is 9.94. The highest BCUT2D eigenvalue weighted by molar-refractivity contribution is 14.1. The molecule has 72 valence electrons. The molecule has 1 unspecified atom stereocenters. The maximum Gasteiger partial charge on any atom is 0.100 e. The van der Waals surface area contributed by atoms with Crippen LogP contribution in [0, 0.1) is 14.9 Å². The molecule has 1 aliphatic carbocycles. The van der Waals surface area contributed by atoms with Crippen LogP contribution in [0.2, 0.25) is 0 Å². The summed E-state index contributed by atoms with van der Waals surface area (Å²) < 4.78 is 1.05. The third-order valence-electron chi connectivity index (χ3n) is 2.72. The average Bonchev–Trinajstić information content (AvgIpc) is 2.18. The van der Waals surface area contributed by atoms with Crippen LogP contribution in [0.1, 0.15) is 35.6 Å². The second-order valence-corrected chi connectivity index (χ2v) is 4.69. The molecule has 14 heavy (non-hydrogen) atoms. The Balaban J connectivity index is 2.61. The van der Waals surface area contributed by atoms with Gasteiger partial charge in [-0.25, -0.2) is 0 Å². The predicted molar refractivity (Wildman–Crippen MR) is 63.7 cm³/mol. The lowest BCUT2D eigenvalue weighted by molar-refractivity contribution is 0.567. The van der Waals surface area contributed by atoms with E-state index in [1.54, 1.807) is 0 Å². The van der Waals surface area contributed by atoms with Crippen molar-refractivity contribution in [2.45, 2.75) is 25.3 Å². The fraction of sp³-hybridized carbons (Fsp3) is 0.364. The van der Waals surface area contributed by atoms with Gasteiger partial charge in [0.1, 0.15) is 6.07 Å². The van der Waals surface area contributed by atoms with Crippen molar-refractivity contribution in [2.24, 2.45) is 5.73 Å². The molecule has 0 bridgehead atoms. The average molecular weight is 298 g/mol. The van der Waals surface area contributed by atoms with E-state index in [9.17, 15) is 0 Å². The van der Waals surface area contributed by atoms with Crippen molar-refractivity contribution in [1.82, 2.24) is 0 Å². The minimum atomic E-state index is 0.124. The van der Waals surface area contributed by atoms with E-state index in [1.165, 1.54) is 11.1 Å². The Hall–Kier alpha value is -0.600. The number of hydrogen-bond acceptors (Lipinski definition) is 2. The van der Waals surface area contributed by atoms with Gasteiger partial charge in [-0.2, -0.15) is 5.26 Å². The minimum Gasteiger partial charge on any atom is -0.324 e. The highest BCUT2D eigenvalue weighted by Crippen LogP contribution is 2.33. The van der Waals surface area contributed by atoms with Crippen molar-refractivity contribution < 1.29 is 0 Å². The lowest BCUT2D eigenvalue weighted by Crippen LogP contribution is -2.19. The first-order valence-corrected chi connectivity index (χ1v) is 5.79. The highest BCUT2D eigenvalue weighted by Gasteiger charge is 2.20. The number of nitriles is 1. The monoisotopic (exact) mass is 298 g/mol. The quantitative estimate of drug-likeness (QED) is 0.748. The van der Waals surface area contributed by atoms with Crippen molar-refractivity contribution in [3.05, 3.63) is 32.4 Å². The van der Waals surface area contributed by atoms with Crippen molar-refractivity contribution in [3.8, 4) is 6.07 Å². The second kappa shape index (κ2) is 3.87. The summed E-state index contributed by atoms with van der Waals surface area (Å²) in [5.41, 5.74) is 9.34. The van der Waals surface area contributed by atoms with Gasteiger partial charge >= 0.3 is 0 Å². The molecule has 2 N–H and O–H groups in total. The molecule has 1 aliphatic rings. The number of benzene rings is 1. The van der Waals surface area contributed by atoms with Crippen LogP contribution in [0.4, 0.5) is 0 Å². The number of aryl methyl sites for hydroxylation is 1. The summed E-state index contributed by atoms with van der Waals surface area (Å²) in [5, 5.41) is 8.91. The molecule has 0 spiro atoms. The third kappa shape index (κ3) is 1.53. The second-order valence-electron chi connectivity index (χ2n) is 3.61. The molecule has 1 aromatic rings. The molecule has 0 amide bonds. The third-order valence-corrected chi connectivity index (χ3v) is 3.88. The molecule has 0 heterocycles. The molecule has 0 radical (unpaired) electrons. The van der Waals surface area contributed by atoms with Crippen LogP contribution in [-0.4, -0.2) is 0 Å². The zero-order chi connectivity index (χ0) is 10.1. The van der Waals surface area contributed by atoms with Gasteiger partial charge in [0.05, 0.1) is 5.56 Å². The van der Waals surface area contributed by atoms with E-state index in [2.05, 4.69) is 34.7 Å². The largest absolute Gasteiger partial charge is 0.324 e. The number of nitrogens with zero attached hydrogens (tertiary/aromatic N) is 1. The molecular formula is C11H11IN2. The van der Waals surface area contributed by atoms with Gasteiger partial charge in [0, 0.05) is 9.61 Å². The van der Waals surface area contributed by atoms with E-state index < -0.39 is 0 Å². The molecule has 0 saturated carbocycles. The lowest BCUT2D eigenvalue weighted by Gasteiger charge is -2.23. The Morgan fingerprint density at radius 2 is 2.29 bits per heavy atom. The molecule has 2 rings (SSSR count). The van der Waals surface area contributed by atoms with Crippen LogP contribution < -0.4 is 5.73 Å². The summed E-state index contributed by atoms with van der Waals surface area (Å²) in [4.78, 5) is 0. The normalized spacial score (nSPS) is 19.9. The van der Waals surface area contributed by atoms with Gasteiger partial charge in [0.2, 0.25) is 0 Å². The van der Waals surface area contributed by atoms with Gasteiger partial charge in [-0.1, -0.05) is 6.07 Å². The molecule has 0 aromatic heterocycles. The van der Waals surface area contributed by atoms with Crippen LogP contribution in [-0.2, 0) is 6.42 Å². The standard InChI is InChI=1S/C11H11IN2/c12-11-8(6-13)5-4-7-2-1-3-9(14)10(7)11/h4-5,9H,1-3,14H2. The van der Waals surface area contributed by atoms with Crippen molar-refractivity contribution in [1.29, 1.82) is 5.26 Å². The van der Waals surface area contributed by atoms with E-state index in [0.29, 0.717) is 0 Å².